The van der Waals surface area contributed by atoms with Crippen LogP contribution in [0.5, 0.6) is 0 Å². The molecule has 1 saturated carbocycles. The maximum Gasteiger partial charge on any atom is 0.0203 e. The molecule has 1 fully saturated rings. The van der Waals surface area contributed by atoms with E-state index in [-0.39, 0.29) is 0 Å². The van der Waals surface area contributed by atoms with Crippen molar-refractivity contribution in [1.82, 2.24) is 5.32 Å². The third-order valence-electron chi connectivity index (χ3n) is 4.03. The summed E-state index contributed by atoms with van der Waals surface area (Å²) >= 11 is 2.20. The monoisotopic (exact) mass is 257 g/mol. The quantitative estimate of drug-likeness (QED) is 0.811. The van der Waals surface area contributed by atoms with Gasteiger partial charge < -0.3 is 5.32 Å². The third kappa shape index (κ3) is 4.82. The summed E-state index contributed by atoms with van der Waals surface area (Å²) in [6.45, 7) is 11.9. The van der Waals surface area contributed by atoms with E-state index in [2.05, 4.69) is 58.7 Å². The van der Waals surface area contributed by atoms with Gasteiger partial charge in [0.1, 0.15) is 0 Å². The van der Waals surface area contributed by atoms with Crippen molar-refractivity contribution in [3.63, 3.8) is 0 Å². The summed E-state index contributed by atoms with van der Waals surface area (Å²) in [6.07, 6.45) is 4.15. The van der Waals surface area contributed by atoms with Crippen LogP contribution in [0.3, 0.4) is 0 Å². The largest absolute Gasteiger partial charge is 0.316 e. The summed E-state index contributed by atoms with van der Waals surface area (Å²) in [5.74, 6) is 3.02. The lowest BCUT2D eigenvalue weighted by Gasteiger charge is -2.41. The molecule has 0 radical (unpaired) electrons. The lowest BCUT2D eigenvalue weighted by molar-refractivity contribution is 0.167. The Labute approximate surface area is 113 Å². The number of rotatable bonds is 4. The fourth-order valence-corrected chi connectivity index (χ4v) is 4.25. The second-order valence-electron chi connectivity index (χ2n) is 7.04. The Hall–Kier alpha value is 0.310. The SMILES string of the molecule is CNC1CCC(C(C)(C)C)CC1SCC(C)C. The highest BCUT2D eigenvalue weighted by atomic mass is 32.2. The van der Waals surface area contributed by atoms with Gasteiger partial charge in [-0.15, -0.1) is 0 Å². The van der Waals surface area contributed by atoms with Crippen LogP contribution in [-0.2, 0) is 0 Å². The molecule has 0 aliphatic heterocycles. The van der Waals surface area contributed by atoms with Gasteiger partial charge in [-0.3, -0.25) is 0 Å². The van der Waals surface area contributed by atoms with Gasteiger partial charge in [-0.05, 0) is 49.3 Å². The van der Waals surface area contributed by atoms with Gasteiger partial charge in [-0.25, -0.2) is 0 Å². The molecule has 0 aromatic rings. The van der Waals surface area contributed by atoms with Gasteiger partial charge in [0.25, 0.3) is 0 Å². The van der Waals surface area contributed by atoms with Gasteiger partial charge in [0.2, 0.25) is 0 Å². The Morgan fingerprint density at radius 3 is 2.35 bits per heavy atom. The Kier molecular flexibility index (Phi) is 5.85. The van der Waals surface area contributed by atoms with E-state index in [1.54, 1.807) is 0 Å². The average Bonchev–Trinajstić information content (AvgIpc) is 2.24. The molecule has 1 aliphatic rings. The molecule has 17 heavy (non-hydrogen) atoms. The average molecular weight is 257 g/mol. The molecule has 3 atom stereocenters. The maximum atomic E-state index is 3.53. The summed E-state index contributed by atoms with van der Waals surface area (Å²) < 4.78 is 0. The van der Waals surface area contributed by atoms with Crippen molar-refractivity contribution in [2.75, 3.05) is 12.8 Å². The number of hydrogen-bond donors (Lipinski definition) is 1. The number of nitrogens with one attached hydrogen (secondary N) is 1. The van der Waals surface area contributed by atoms with Crippen LogP contribution in [0.1, 0.15) is 53.9 Å². The van der Waals surface area contributed by atoms with Crippen molar-refractivity contribution in [2.45, 2.75) is 65.2 Å². The molecular formula is C15H31NS. The van der Waals surface area contributed by atoms with Crippen molar-refractivity contribution in [3.05, 3.63) is 0 Å². The molecule has 0 aromatic carbocycles. The van der Waals surface area contributed by atoms with E-state index in [0.29, 0.717) is 5.41 Å². The standard InChI is InChI=1S/C15H31NS/c1-11(2)10-17-14-9-12(15(3,4)5)7-8-13(14)16-6/h11-14,16H,7-10H2,1-6H3. The van der Waals surface area contributed by atoms with Crippen LogP contribution in [0, 0.1) is 17.3 Å². The Bertz CT molecular complexity index is 219. The van der Waals surface area contributed by atoms with Gasteiger partial charge in [0, 0.05) is 11.3 Å². The first-order chi connectivity index (χ1) is 7.84. The van der Waals surface area contributed by atoms with Crippen molar-refractivity contribution in [1.29, 1.82) is 0 Å². The highest BCUT2D eigenvalue weighted by Gasteiger charge is 2.35. The summed E-state index contributed by atoms with van der Waals surface area (Å²) in [6, 6.07) is 0.734. The lowest BCUT2D eigenvalue weighted by atomic mass is 9.71. The summed E-state index contributed by atoms with van der Waals surface area (Å²) in [5.41, 5.74) is 0.482. The van der Waals surface area contributed by atoms with E-state index in [1.165, 1.54) is 25.0 Å². The maximum absolute atomic E-state index is 3.53. The van der Waals surface area contributed by atoms with Crippen LogP contribution >= 0.6 is 11.8 Å². The lowest BCUT2D eigenvalue weighted by Crippen LogP contribution is -2.43. The Morgan fingerprint density at radius 2 is 1.88 bits per heavy atom. The van der Waals surface area contributed by atoms with E-state index in [1.807, 2.05) is 0 Å². The highest BCUT2D eigenvalue weighted by molar-refractivity contribution is 7.99. The van der Waals surface area contributed by atoms with Crippen molar-refractivity contribution in [2.24, 2.45) is 17.3 Å². The molecule has 1 N–H and O–H groups in total. The molecule has 3 unspecified atom stereocenters. The molecule has 1 aliphatic carbocycles. The van der Waals surface area contributed by atoms with Crippen LogP contribution in [0.4, 0.5) is 0 Å². The minimum Gasteiger partial charge on any atom is -0.316 e. The topological polar surface area (TPSA) is 12.0 Å². The minimum absolute atomic E-state index is 0.482. The van der Waals surface area contributed by atoms with Crippen LogP contribution in [0.15, 0.2) is 0 Å². The second kappa shape index (κ2) is 6.47. The Balaban J connectivity index is 2.55. The fraction of sp³-hybridized carbons (Fsp3) is 1.00. The molecule has 1 nitrogen and oxygen atoms in total. The summed E-state index contributed by atoms with van der Waals surface area (Å²) in [4.78, 5) is 0. The van der Waals surface area contributed by atoms with Crippen molar-refractivity contribution < 1.29 is 0 Å². The van der Waals surface area contributed by atoms with Crippen LogP contribution in [0.2, 0.25) is 0 Å². The molecule has 0 saturated heterocycles. The molecule has 0 spiro atoms. The Morgan fingerprint density at radius 1 is 1.24 bits per heavy atom. The van der Waals surface area contributed by atoms with Gasteiger partial charge in [0.05, 0.1) is 0 Å². The number of hydrogen-bond acceptors (Lipinski definition) is 2. The zero-order valence-electron chi connectivity index (χ0n) is 12.5. The molecule has 0 heterocycles. The van der Waals surface area contributed by atoms with Crippen LogP contribution < -0.4 is 5.32 Å². The summed E-state index contributed by atoms with van der Waals surface area (Å²) in [5, 5.41) is 4.35. The van der Waals surface area contributed by atoms with E-state index in [4.69, 9.17) is 0 Å². The highest BCUT2D eigenvalue weighted by Crippen LogP contribution is 2.41. The predicted octanol–water partition coefficient (Wildman–Crippen LogP) is 4.18. The normalized spacial score (nSPS) is 30.9. The molecule has 0 bridgehead atoms. The molecule has 1 rings (SSSR count). The molecule has 102 valence electrons. The van der Waals surface area contributed by atoms with Crippen molar-refractivity contribution >= 4 is 11.8 Å². The minimum atomic E-state index is 0.482. The molecule has 2 heteroatoms. The van der Waals surface area contributed by atoms with Crippen molar-refractivity contribution in [3.8, 4) is 0 Å². The van der Waals surface area contributed by atoms with Crippen LogP contribution in [-0.4, -0.2) is 24.1 Å². The third-order valence-corrected chi connectivity index (χ3v) is 5.84. The smallest absolute Gasteiger partial charge is 0.0203 e. The predicted molar refractivity (Wildman–Crippen MR) is 80.7 cm³/mol. The zero-order chi connectivity index (χ0) is 13.1. The molecular weight excluding hydrogens is 226 g/mol. The summed E-state index contributed by atoms with van der Waals surface area (Å²) in [7, 11) is 2.13. The second-order valence-corrected chi connectivity index (χ2v) is 8.31. The fourth-order valence-electron chi connectivity index (χ4n) is 2.75. The van der Waals surface area contributed by atoms with Gasteiger partial charge in [0.15, 0.2) is 0 Å². The first-order valence-corrected chi connectivity index (χ1v) is 8.18. The van der Waals surface area contributed by atoms with E-state index in [0.717, 1.165) is 23.1 Å². The van der Waals surface area contributed by atoms with Gasteiger partial charge >= 0.3 is 0 Å². The molecule has 0 aromatic heterocycles. The van der Waals surface area contributed by atoms with E-state index >= 15 is 0 Å². The van der Waals surface area contributed by atoms with Gasteiger partial charge in [-0.2, -0.15) is 11.8 Å². The zero-order valence-corrected chi connectivity index (χ0v) is 13.4. The van der Waals surface area contributed by atoms with Gasteiger partial charge in [-0.1, -0.05) is 34.6 Å². The first-order valence-electron chi connectivity index (χ1n) is 7.13. The van der Waals surface area contributed by atoms with E-state index < -0.39 is 0 Å². The van der Waals surface area contributed by atoms with Crippen LogP contribution in [0.25, 0.3) is 0 Å². The number of thioether (sulfide) groups is 1. The first kappa shape index (κ1) is 15.4. The molecule has 0 amide bonds. The van der Waals surface area contributed by atoms with E-state index in [9.17, 15) is 0 Å².